The molecule has 1 aliphatic rings. The number of nitrogens with zero attached hydrogens (tertiary/aromatic N) is 2. The van der Waals surface area contributed by atoms with Crippen molar-refractivity contribution in [3.63, 3.8) is 0 Å². The van der Waals surface area contributed by atoms with Crippen molar-refractivity contribution in [2.45, 2.75) is 32.2 Å². The maximum absolute atomic E-state index is 12.1. The van der Waals surface area contributed by atoms with Gasteiger partial charge in [-0.2, -0.15) is 0 Å². The largest absolute Gasteiger partial charge is 0.309 e. The zero-order valence-corrected chi connectivity index (χ0v) is 10.5. The maximum Gasteiger partial charge on any atom is 0.258 e. The van der Waals surface area contributed by atoms with Crippen LogP contribution in [0.3, 0.4) is 0 Å². The fourth-order valence-electron chi connectivity index (χ4n) is 2.51. The first-order valence-corrected chi connectivity index (χ1v) is 6.47. The number of aromatic nitrogens is 2. The van der Waals surface area contributed by atoms with E-state index in [1.165, 1.54) is 12.8 Å². The zero-order valence-electron chi connectivity index (χ0n) is 10.5. The highest BCUT2D eigenvalue weighted by molar-refractivity contribution is 5.40. The van der Waals surface area contributed by atoms with Crippen LogP contribution in [0.25, 0.3) is 5.65 Å². The summed E-state index contributed by atoms with van der Waals surface area (Å²) in [6, 6.07) is 5.79. The Morgan fingerprint density at radius 2 is 2.28 bits per heavy atom. The summed E-state index contributed by atoms with van der Waals surface area (Å²) in [6.07, 6.45) is 5.31. The third-order valence-corrected chi connectivity index (χ3v) is 3.49. The zero-order chi connectivity index (χ0) is 12.5. The SMILES string of the molecule is Cc1ccc2nc(C3CCCCN3)cc(=O)n2c1. The summed E-state index contributed by atoms with van der Waals surface area (Å²) in [4.78, 5) is 16.7. The normalized spacial score (nSPS) is 20.2. The molecule has 1 N–H and O–H groups in total. The number of nitrogens with one attached hydrogen (secondary N) is 1. The van der Waals surface area contributed by atoms with Crippen LogP contribution >= 0.6 is 0 Å². The van der Waals surface area contributed by atoms with Crippen molar-refractivity contribution in [2.24, 2.45) is 0 Å². The van der Waals surface area contributed by atoms with E-state index in [9.17, 15) is 4.79 Å². The van der Waals surface area contributed by atoms with Crippen LogP contribution in [0.15, 0.2) is 29.2 Å². The third-order valence-electron chi connectivity index (χ3n) is 3.49. The van der Waals surface area contributed by atoms with Crippen molar-refractivity contribution in [1.29, 1.82) is 0 Å². The van der Waals surface area contributed by atoms with Gasteiger partial charge in [-0.1, -0.05) is 12.5 Å². The lowest BCUT2D eigenvalue weighted by Gasteiger charge is -2.22. The van der Waals surface area contributed by atoms with Gasteiger partial charge in [0.25, 0.3) is 5.56 Å². The van der Waals surface area contributed by atoms with Gasteiger partial charge in [0.15, 0.2) is 0 Å². The molecule has 0 aliphatic carbocycles. The van der Waals surface area contributed by atoms with Crippen molar-refractivity contribution in [3.8, 4) is 0 Å². The Morgan fingerprint density at radius 1 is 1.39 bits per heavy atom. The maximum atomic E-state index is 12.1. The van der Waals surface area contributed by atoms with Gasteiger partial charge < -0.3 is 5.32 Å². The molecule has 2 aromatic rings. The molecule has 0 saturated carbocycles. The summed E-state index contributed by atoms with van der Waals surface area (Å²) >= 11 is 0. The molecule has 2 aromatic heterocycles. The first-order valence-electron chi connectivity index (χ1n) is 6.47. The van der Waals surface area contributed by atoms with Crippen molar-refractivity contribution in [3.05, 3.63) is 46.0 Å². The van der Waals surface area contributed by atoms with E-state index in [4.69, 9.17) is 0 Å². The molecule has 0 amide bonds. The average molecular weight is 243 g/mol. The Kier molecular flexibility index (Phi) is 2.88. The molecule has 1 aliphatic heterocycles. The second kappa shape index (κ2) is 4.53. The molecule has 4 heteroatoms. The van der Waals surface area contributed by atoms with E-state index in [-0.39, 0.29) is 11.6 Å². The van der Waals surface area contributed by atoms with Crippen molar-refractivity contribution in [2.75, 3.05) is 6.54 Å². The van der Waals surface area contributed by atoms with Crippen LogP contribution in [-0.4, -0.2) is 15.9 Å². The highest BCUT2D eigenvalue weighted by Crippen LogP contribution is 2.20. The van der Waals surface area contributed by atoms with Gasteiger partial charge in [0.05, 0.1) is 5.69 Å². The van der Waals surface area contributed by atoms with Gasteiger partial charge in [-0.3, -0.25) is 9.20 Å². The molecule has 1 atom stereocenters. The van der Waals surface area contributed by atoms with E-state index in [1.54, 1.807) is 10.5 Å². The van der Waals surface area contributed by atoms with E-state index >= 15 is 0 Å². The van der Waals surface area contributed by atoms with Crippen LogP contribution in [0.4, 0.5) is 0 Å². The topological polar surface area (TPSA) is 46.4 Å². The Morgan fingerprint density at radius 3 is 3.06 bits per heavy atom. The molecular weight excluding hydrogens is 226 g/mol. The summed E-state index contributed by atoms with van der Waals surface area (Å²) in [5.41, 5.74) is 2.68. The molecule has 1 saturated heterocycles. The van der Waals surface area contributed by atoms with Crippen molar-refractivity contribution >= 4 is 5.65 Å². The number of piperidine rings is 1. The molecule has 3 heterocycles. The molecule has 0 bridgehead atoms. The van der Waals surface area contributed by atoms with E-state index in [0.29, 0.717) is 0 Å². The molecular formula is C14H17N3O. The minimum atomic E-state index is 0.00562. The minimum absolute atomic E-state index is 0.00562. The monoisotopic (exact) mass is 243 g/mol. The van der Waals surface area contributed by atoms with Crippen LogP contribution in [-0.2, 0) is 0 Å². The van der Waals surface area contributed by atoms with Gasteiger partial charge in [-0.15, -0.1) is 0 Å². The Hall–Kier alpha value is -1.68. The van der Waals surface area contributed by atoms with Gasteiger partial charge in [-0.25, -0.2) is 4.98 Å². The molecule has 4 nitrogen and oxygen atoms in total. The molecule has 18 heavy (non-hydrogen) atoms. The lowest BCUT2D eigenvalue weighted by atomic mass is 10.0. The van der Waals surface area contributed by atoms with Crippen molar-refractivity contribution in [1.82, 2.24) is 14.7 Å². The van der Waals surface area contributed by atoms with Crippen molar-refractivity contribution < 1.29 is 0 Å². The lowest BCUT2D eigenvalue weighted by molar-refractivity contribution is 0.405. The van der Waals surface area contributed by atoms with E-state index < -0.39 is 0 Å². The second-order valence-corrected chi connectivity index (χ2v) is 4.96. The molecule has 3 rings (SSSR count). The first-order chi connectivity index (χ1) is 8.74. The smallest absolute Gasteiger partial charge is 0.258 e. The predicted octanol–water partition coefficient (Wildman–Crippen LogP) is 1.82. The molecule has 0 aromatic carbocycles. The van der Waals surface area contributed by atoms with Gasteiger partial charge in [0, 0.05) is 18.3 Å². The van der Waals surface area contributed by atoms with E-state index in [0.717, 1.165) is 29.9 Å². The quantitative estimate of drug-likeness (QED) is 0.831. The Balaban J connectivity index is 2.09. The van der Waals surface area contributed by atoms with Crippen LogP contribution in [0, 0.1) is 6.92 Å². The summed E-state index contributed by atoms with van der Waals surface area (Å²) < 4.78 is 1.61. The third kappa shape index (κ3) is 2.04. The van der Waals surface area contributed by atoms with E-state index in [2.05, 4.69) is 10.3 Å². The van der Waals surface area contributed by atoms with Gasteiger partial charge in [0.1, 0.15) is 5.65 Å². The van der Waals surface area contributed by atoms with Gasteiger partial charge in [0.2, 0.25) is 0 Å². The number of fused-ring (bicyclic) bond motifs is 1. The second-order valence-electron chi connectivity index (χ2n) is 4.96. The average Bonchev–Trinajstić information content (AvgIpc) is 2.40. The van der Waals surface area contributed by atoms with Crippen LogP contribution < -0.4 is 10.9 Å². The molecule has 1 unspecified atom stereocenters. The standard InChI is InChI=1S/C14H17N3O/c1-10-5-6-13-16-12(8-14(18)17(13)9-10)11-4-2-3-7-15-11/h5-6,8-9,11,15H,2-4,7H2,1H3. The molecule has 0 radical (unpaired) electrons. The fraction of sp³-hybridized carbons (Fsp3) is 0.429. The summed E-state index contributed by atoms with van der Waals surface area (Å²) in [7, 11) is 0. The van der Waals surface area contributed by atoms with Crippen LogP contribution in [0.5, 0.6) is 0 Å². The van der Waals surface area contributed by atoms with Crippen LogP contribution in [0.2, 0.25) is 0 Å². The summed E-state index contributed by atoms with van der Waals surface area (Å²) in [5, 5.41) is 3.43. The molecule has 1 fully saturated rings. The van der Waals surface area contributed by atoms with Crippen LogP contribution in [0.1, 0.15) is 36.6 Å². The molecule has 94 valence electrons. The first kappa shape index (κ1) is 11.4. The van der Waals surface area contributed by atoms with E-state index in [1.807, 2.05) is 25.3 Å². The highest BCUT2D eigenvalue weighted by Gasteiger charge is 2.17. The highest BCUT2D eigenvalue weighted by atomic mass is 16.1. The number of pyridine rings is 1. The summed E-state index contributed by atoms with van der Waals surface area (Å²) in [5.74, 6) is 0. The fourth-order valence-corrected chi connectivity index (χ4v) is 2.51. The number of aryl methyl sites for hydroxylation is 1. The van der Waals surface area contributed by atoms with Gasteiger partial charge >= 0.3 is 0 Å². The molecule has 0 spiro atoms. The summed E-state index contributed by atoms with van der Waals surface area (Å²) in [6.45, 7) is 2.99. The Labute approximate surface area is 106 Å². The predicted molar refractivity (Wildman–Crippen MR) is 70.8 cm³/mol. The lowest BCUT2D eigenvalue weighted by Crippen LogP contribution is -2.29. The minimum Gasteiger partial charge on any atom is -0.309 e. The Bertz CT molecular complexity index is 626. The number of hydrogen-bond donors (Lipinski definition) is 1. The number of rotatable bonds is 1. The number of hydrogen-bond acceptors (Lipinski definition) is 3. The van der Waals surface area contributed by atoms with Gasteiger partial charge in [-0.05, 0) is 37.9 Å².